The van der Waals surface area contributed by atoms with Gasteiger partial charge >= 0.3 is 5.97 Å². The number of allylic oxidation sites excluding steroid dienone is 1. The fraction of sp³-hybridized carbons (Fsp3) is 0.472. The number of carbonyl (C=O) groups excluding carboxylic acids is 3. The molecule has 3 aliphatic carbocycles. The number of fused-ring (bicyclic) bond motifs is 3. The Bertz CT molecular complexity index is 1510. The van der Waals surface area contributed by atoms with Gasteiger partial charge in [-0.05, 0) is 60.1 Å². The van der Waals surface area contributed by atoms with Gasteiger partial charge in [0.2, 0.25) is 11.8 Å². The molecule has 2 heterocycles. The number of aliphatic hydroxyl groups excluding tert-OH is 1. The number of hydrogen-bond donors (Lipinski definition) is 3. The predicted molar refractivity (Wildman–Crippen MR) is 167 cm³/mol. The van der Waals surface area contributed by atoms with Crippen molar-refractivity contribution in [2.45, 2.75) is 81.3 Å². The van der Waals surface area contributed by atoms with E-state index in [0.717, 1.165) is 36.0 Å². The summed E-state index contributed by atoms with van der Waals surface area (Å²) in [4.78, 5) is 38.5. The number of hydrogen-bond acceptors (Lipinski definition) is 8. The molecule has 1 saturated carbocycles. The fourth-order valence-electron chi connectivity index (χ4n) is 7.14. The van der Waals surface area contributed by atoms with Crippen molar-refractivity contribution < 1.29 is 38.4 Å². The lowest BCUT2D eigenvalue weighted by atomic mass is 9.89. The van der Waals surface area contributed by atoms with Crippen molar-refractivity contribution in [3.05, 3.63) is 88.5 Å². The van der Waals surface area contributed by atoms with Crippen molar-refractivity contribution in [2.75, 3.05) is 19.7 Å². The van der Waals surface area contributed by atoms with E-state index in [0.29, 0.717) is 42.1 Å². The summed E-state index contributed by atoms with van der Waals surface area (Å²) < 4.78 is 24.8. The first kappa shape index (κ1) is 30.8. The third-order valence-corrected chi connectivity index (χ3v) is 9.59. The number of benzene rings is 2. The van der Waals surface area contributed by atoms with E-state index in [-0.39, 0.29) is 44.4 Å². The first-order valence-electron chi connectivity index (χ1n) is 16.3. The normalized spacial score (nSPS) is 28.6. The number of aliphatic hydroxyl groups is 1. The Balaban J connectivity index is 1.02. The highest BCUT2D eigenvalue weighted by Gasteiger charge is 2.55. The zero-order valence-electron chi connectivity index (χ0n) is 25.7. The van der Waals surface area contributed by atoms with Crippen LogP contribution in [0.3, 0.4) is 0 Å². The maximum Gasteiger partial charge on any atom is 0.338 e. The average Bonchev–Trinajstić information content (AvgIpc) is 3.62. The van der Waals surface area contributed by atoms with Crippen molar-refractivity contribution >= 4 is 23.9 Å². The number of nitrogens with one attached hydrogen (secondary N) is 2. The highest BCUT2D eigenvalue weighted by Crippen LogP contribution is 2.45. The van der Waals surface area contributed by atoms with Crippen LogP contribution in [0.15, 0.2) is 66.3 Å². The standard InChI is InChI=1S/C36H40N2O8/c39-16-15-37-32(40)13-14-38-34(41)27-18-30(33-31(19-27)45-36(46-33)20-25-3-1-2-4-26(25)21-36)44-35(42)24-10-7-22(8-11-24)5-6-23-9-12-28-29(17-23)43-28/h1-8,10-11,19,23,28-31,33,39H,9,12-18,20-21H2,(H,37,40)(H,38,41)/t23?,28?,29?,30-,31-,33+/m1/s1. The van der Waals surface area contributed by atoms with Crippen LogP contribution in [0.2, 0.25) is 0 Å². The molecule has 6 atom stereocenters. The summed E-state index contributed by atoms with van der Waals surface area (Å²) in [5, 5.41) is 14.2. The smallest absolute Gasteiger partial charge is 0.338 e. The van der Waals surface area contributed by atoms with Crippen molar-refractivity contribution in [2.24, 2.45) is 5.92 Å². The first-order chi connectivity index (χ1) is 22.4. The van der Waals surface area contributed by atoms with Gasteiger partial charge in [0.1, 0.15) is 18.3 Å². The molecule has 10 heteroatoms. The van der Waals surface area contributed by atoms with Crippen LogP contribution in [0.25, 0.3) is 6.08 Å². The van der Waals surface area contributed by atoms with Crippen LogP contribution in [0, 0.1) is 5.92 Å². The lowest BCUT2D eigenvalue weighted by Gasteiger charge is -2.30. The van der Waals surface area contributed by atoms with Crippen molar-refractivity contribution in [1.29, 1.82) is 0 Å². The highest BCUT2D eigenvalue weighted by atomic mass is 16.8. The number of amides is 2. The maximum absolute atomic E-state index is 13.4. The van der Waals surface area contributed by atoms with Gasteiger partial charge in [-0.3, -0.25) is 9.59 Å². The van der Waals surface area contributed by atoms with E-state index in [4.69, 9.17) is 24.1 Å². The molecule has 2 saturated heterocycles. The second kappa shape index (κ2) is 13.1. The van der Waals surface area contributed by atoms with Crippen LogP contribution >= 0.6 is 0 Å². The van der Waals surface area contributed by atoms with Gasteiger partial charge in [0.25, 0.3) is 0 Å². The van der Waals surface area contributed by atoms with Crippen molar-refractivity contribution in [3.63, 3.8) is 0 Å². The molecule has 46 heavy (non-hydrogen) atoms. The Morgan fingerprint density at radius 1 is 0.957 bits per heavy atom. The largest absolute Gasteiger partial charge is 0.456 e. The molecule has 2 amide bonds. The minimum atomic E-state index is -0.893. The van der Waals surface area contributed by atoms with Crippen LogP contribution in [0.1, 0.15) is 59.2 Å². The predicted octanol–water partition coefficient (Wildman–Crippen LogP) is 3.02. The quantitative estimate of drug-likeness (QED) is 0.270. The zero-order valence-corrected chi connectivity index (χ0v) is 25.7. The van der Waals surface area contributed by atoms with Gasteiger partial charge in [-0.25, -0.2) is 4.79 Å². The van der Waals surface area contributed by atoms with E-state index in [1.807, 2.05) is 24.3 Å². The number of esters is 1. The lowest BCUT2D eigenvalue weighted by molar-refractivity contribution is -0.172. The van der Waals surface area contributed by atoms with Gasteiger partial charge < -0.3 is 34.7 Å². The van der Waals surface area contributed by atoms with Crippen LogP contribution in [0.5, 0.6) is 0 Å². The Labute approximate surface area is 268 Å². The van der Waals surface area contributed by atoms with Gasteiger partial charge in [0, 0.05) is 44.3 Å². The minimum Gasteiger partial charge on any atom is -0.456 e. The third kappa shape index (κ3) is 6.80. The Morgan fingerprint density at radius 2 is 1.74 bits per heavy atom. The lowest BCUT2D eigenvalue weighted by Crippen LogP contribution is -2.44. The molecule has 7 rings (SSSR count). The molecule has 0 radical (unpaired) electrons. The summed E-state index contributed by atoms with van der Waals surface area (Å²) in [5.41, 5.74) is 4.14. The molecular weight excluding hydrogens is 588 g/mol. The van der Waals surface area contributed by atoms with Crippen LogP contribution in [-0.2, 0) is 41.4 Å². The van der Waals surface area contributed by atoms with Gasteiger partial charge in [-0.2, -0.15) is 0 Å². The summed E-state index contributed by atoms with van der Waals surface area (Å²) >= 11 is 0. The fourth-order valence-corrected chi connectivity index (χ4v) is 7.14. The monoisotopic (exact) mass is 628 g/mol. The van der Waals surface area contributed by atoms with Crippen LogP contribution < -0.4 is 10.6 Å². The second-order valence-corrected chi connectivity index (χ2v) is 12.9. The van der Waals surface area contributed by atoms with E-state index in [9.17, 15) is 14.4 Å². The van der Waals surface area contributed by atoms with E-state index in [1.54, 1.807) is 18.2 Å². The minimum absolute atomic E-state index is 0.0751. The van der Waals surface area contributed by atoms with Crippen LogP contribution in [0.4, 0.5) is 0 Å². The molecule has 0 aromatic heterocycles. The number of carbonyl (C=O) groups is 3. The molecule has 5 aliphatic rings. The SMILES string of the molecule is O=C(CCNC(=O)C1=C[C@H]2OC3(Cc4ccccc4C3)O[C@H]2[C@H](OC(=O)c2ccc(C=CC3CCC4OC4C3)cc2)C1)NCCO. The zero-order chi connectivity index (χ0) is 31.7. The van der Waals surface area contributed by atoms with Gasteiger partial charge in [-0.15, -0.1) is 0 Å². The summed E-state index contributed by atoms with van der Waals surface area (Å²) in [6.45, 7) is 0.132. The van der Waals surface area contributed by atoms with E-state index >= 15 is 0 Å². The molecule has 1 spiro atoms. The number of ether oxygens (including phenoxy) is 4. The van der Waals surface area contributed by atoms with Crippen molar-refractivity contribution in [3.8, 4) is 0 Å². The summed E-state index contributed by atoms with van der Waals surface area (Å²) in [7, 11) is 0. The molecule has 3 fully saturated rings. The van der Waals surface area contributed by atoms with Crippen molar-refractivity contribution in [1.82, 2.24) is 10.6 Å². The Kier molecular flexibility index (Phi) is 8.78. The first-order valence-corrected chi connectivity index (χ1v) is 16.3. The summed E-state index contributed by atoms with van der Waals surface area (Å²) in [5.74, 6) is -1.50. The molecule has 3 N–H and O–H groups in total. The Hall–Kier alpha value is -3.83. The third-order valence-electron chi connectivity index (χ3n) is 9.59. The number of rotatable bonds is 10. The van der Waals surface area contributed by atoms with Crippen LogP contribution in [-0.4, -0.2) is 78.9 Å². The van der Waals surface area contributed by atoms with Gasteiger partial charge in [0.15, 0.2) is 5.79 Å². The number of epoxide rings is 1. The topological polar surface area (TPSA) is 136 Å². The van der Waals surface area contributed by atoms with Gasteiger partial charge in [0.05, 0.1) is 24.4 Å². The maximum atomic E-state index is 13.4. The van der Waals surface area contributed by atoms with E-state index in [1.165, 1.54) is 0 Å². The molecule has 2 aromatic carbocycles. The molecule has 0 bridgehead atoms. The average molecular weight is 629 g/mol. The Morgan fingerprint density at radius 3 is 2.48 bits per heavy atom. The highest BCUT2D eigenvalue weighted by molar-refractivity contribution is 5.94. The molecule has 242 valence electrons. The molecule has 10 nitrogen and oxygen atoms in total. The summed E-state index contributed by atoms with van der Waals surface area (Å²) in [6.07, 6.45) is 9.79. The van der Waals surface area contributed by atoms with E-state index in [2.05, 4.69) is 34.9 Å². The summed E-state index contributed by atoms with van der Waals surface area (Å²) in [6, 6.07) is 15.4. The molecule has 2 aliphatic heterocycles. The van der Waals surface area contributed by atoms with Gasteiger partial charge in [-0.1, -0.05) is 48.6 Å². The molecule has 3 unspecified atom stereocenters. The molecular formula is C36H40N2O8. The second-order valence-electron chi connectivity index (χ2n) is 12.9. The molecule has 2 aromatic rings. The van der Waals surface area contributed by atoms with E-state index < -0.39 is 30.1 Å².